The molecule has 0 radical (unpaired) electrons. The van der Waals surface area contributed by atoms with Gasteiger partial charge in [0.1, 0.15) is 0 Å². The number of carbonyl (C=O) groups excluding carboxylic acids is 1. The molecule has 1 N–H and O–H groups in total. The molecule has 1 saturated carbocycles. The van der Waals surface area contributed by atoms with Gasteiger partial charge in [0.15, 0.2) is 5.92 Å². The highest BCUT2D eigenvalue weighted by Crippen LogP contribution is 2.39. The number of hydrogen-bond donors (Lipinski definition) is 1. The van der Waals surface area contributed by atoms with Crippen LogP contribution in [0.4, 0.5) is 0 Å². The molecule has 5 nitrogen and oxygen atoms in total. The molecule has 1 heterocycles. The van der Waals surface area contributed by atoms with E-state index in [1.165, 1.54) is 6.42 Å². The largest absolute Gasteiger partial charge is 0.343 e. The first-order chi connectivity index (χ1) is 9.16. The van der Waals surface area contributed by atoms with Crippen LogP contribution in [-0.4, -0.2) is 35.4 Å². The third-order valence-corrected chi connectivity index (χ3v) is 4.27. The molecule has 1 aliphatic heterocycles. The lowest BCUT2D eigenvalue weighted by atomic mass is 9.72. The normalized spacial score (nSPS) is 25.4. The van der Waals surface area contributed by atoms with Gasteiger partial charge in [-0.15, -0.1) is 0 Å². The van der Waals surface area contributed by atoms with Gasteiger partial charge in [-0.25, -0.2) is 4.99 Å². The van der Waals surface area contributed by atoms with Gasteiger partial charge in [-0.3, -0.25) is 10.1 Å². The van der Waals surface area contributed by atoms with Crippen molar-refractivity contribution in [3.63, 3.8) is 0 Å². The molecule has 1 spiro atoms. The van der Waals surface area contributed by atoms with Gasteiger partial charge < -0.3 is 4.90 Å². The van der Waals surface area contributed by atoms with Crippen LogP contribution in [0.15, 0.2) is 4.99 Å². The summed E-state index contributed by atoms with van der Waals surface area (Å²) in [6.07, 6.45) is 4.99. The second-order valence-electron chi connectivity index (χ2n) is 5.32. The Balaban J connectivity index is 2.37. The quantitative estimate of drug-likeness (QED) is 0.822. The molecule has 1 atom stereocenters. The van der Waals surface area contributed by atoms with E-state index >= 15 is 0 Å². The van der Waals surface area contributed by atoms with E-state index in [2.05, 4.69) is 11.4 Å². The first-order valence-electron chi connectivity index (χ1n) is 7.22. The lowest BCUT2D eigenvalue weighted by Gasteiger charge is -2.41. The molecule has 0 aromatic carbocycles. The zero-order valence-corrected chi connectivity index (χ0v) is 11.8. The minimum atomic E-state index is -0.632. The van der Waals surface area contributed by atoms with Crippen LogP contribution in [0.5, 0.6) is 0 Å². The SMILES string of the molecule is CCN(CC)C1=NC2(CCCCC2)[C@@H](C#N)C(=O)N1. The fourth-order valence-electron chi connectivity index (χ4n) is 3.15. The zero-order valence-electron chi connectivity index (χ0n) is 11.8. The summed E-state index contributed by atoms with van der Waals surface area (Å²) in [6, 6.07) is 2.17. The molecule has 2 rings (SSSR count). The molecule has 19 heavy (non-hydrogen) atoms. The van der Waals surface area contributed by atoms with Crippen LogP contribution in [0, 0.1) is 17.2 Å². The fraction of sp³-hybridized carbons (Fsp3) is 0.786. The topological polar surface area (TPSA) is 68.5 Å². The molecule has 2 aliphatic rings. The number of nitrogens with zero attached hydrogens (tertiary/aromatic N) is 3. The van der Waals surface area contributed by atoms with Gasteiger partial charge in [-0.2, -0.15) is 5.26 Å². The Hall–Kier alpha value is -1.57. The van der Waals surface area contributed by atoms with Crippen LogP contribution in [0.2, 0.25) is 0 Å². The molecule has 104 valence electrons. The van der Waals surface area contributed by atoms with E-state index in [0.29, 0.717) is 5.96 Å². The Labute approximate surface area is 114 Å². The van der Waals surface area contributed by atoms with E-state index in [0.717, 1.165) is 38.8 Å². The highest BCUT2D eigenvalue weighted by atomic mass is 16.2. The van der Waals surface area contributed by atoms with Crippen molar-refractivity contribution in [1.29, 1.82) is 5.26 Å². The van der Waals surface area contributed by atoms with Crippen LogP contribution >= 0.6 is 0 Å². The maximum atomic E-state index is 12.2. The Morgan fingerprint density at radius 2 is 2.00 bits per heavy atom. The monoisotopic (exact) mass is 262 g/mol. The highest BCUT2D eigenvalue weighted by molar-refractivity contribution is 6.02. The second kappa shape index (κ2) is 5.60. The van der Waals surface area contributed by atoms with Gasteiger partial charge in [-0.1, -0.05) is 19.3 Å². The Kier molecular flexibility index (Phi) is 4.08. The molecular formula is C14H22N4O. The number of nitrogens with one attached hydrogen (secondary N) is 1. The molecule has 0 saturated heterocycles. The van der Waals surface area contributed by atoms with Gasteiger partial charge in [0.2, 0.25) is 11.9 Å². The standard InChI is InChI=1S/C14H22N4O/c1-3-18(4-2)13-16-12(19)11(10-15)14(17-13)8-6-5-7-9-14/h11H,3-9H2,1-2H3,(H,16,17,19)/t11-/m0/s1. The number of hydrogen-bond acceptors (Lipinski definition) is 4. The predicted molar refractivity (Wildman–Crippen MR) is 73.4 cm³/mol. The van der Waals surface area contributed by atoms with E-state index in [9.17, 15) is 10.1 Å². The van der Waals surface area contributed by atoms with Crippen molar-refractivity contribution in [2.45, 2.75) is 51.5 Å². The summed E-state index contributed by atoms with van der Waals surface area (Å²) in [7, 11) is 0. The average Bonchev–Trinajstić information content (AvgIpc) is 2.41. The predicted octanol–water partition coefficient (Wildman–Crippen LogP) is 1.66. The van der Waals surface area contributed by atoms with Crippen molar-refractivity contribution < 1.29 is 4.79 Å². The molecule has 0 bridgehead atoms. The van der Waals surface area contributed by atoms with Crippen molar-refractivity contribution in [2.24, 2.45) is 10.9 Å². The van der Waals surface area contributed by atoms with E-state index in [1.807, 2.05) is 18.7 Å². The fourth-order valence-corrected chi connectivity index (χ4v) is 3.15. The van der Waals surface area contributed by atoms with Crippen LogP contribution < -0.4 is 5.32 Å². The Morgan fingerprint density at radius 3 is 2.53 bits per heavy atom. The summed E-state index contributed by atoms with van der Waals surface area (Å²) < 4.78 is 0. The zero-order chi connectivity index (χ0) is 13.9. The van der Waals surface area contributed by atoms with Crippen LogP contribution in [0.25, 0.3) is 0 Å². The lowest BCUT2D eigenvalue weighted by molar-refractivity contribution is -0.125. The van der Waals surface area contributed by atoms with E-state index < -0.39 is 11.5 Å². The van der Waals surface area contributed by atoms with Gasteiger partial charge in [-0.05, 0) is 26.7 Å². The van der Waals surface area contributed by atoms with Crippen LogP contribution in [0.3, 0.4) is 0 Å². The number of nitriles is 1. The first-order valence-corrected chi connectivity index (χ1v) is 7.22. The minimum absolute atomic E-state index is 0.179. The lowest BCUT2D eigenvalue weighted by Crippen LogP contribution is -2.57. The third kappa shape index (κ3) is 2.44. The van der Waals surface area contributed by atoms with E-state index in [-0.39, 0.29) is 5.91 Å². The van der Waals surface area contributed by atoms with Crippen molar-refractivity contribution >= 4 is 11.9 Å². The molecule has 1 amide bonds. The van der Waals surface area contributed by atoms with Gasteiger partial charge in [0.05, 0.1) is 11.6 Å². The summed E-state index contributed by atoms with van der Waals surface area (Å²) in [5.74, 6) is -0.156. The molecule has 1 fully saturated rings. The molecular weight excluding hydrogens is 240 g/mol. The molecule has 0 aromatic rings. The maximum absolute atomic E-state index is 12.2. The molecule has 1 aliphatic carbocycles. The number of carbonyl (C=O) groups is 1. The van der Waals surface area contributed by atoms with Crippen molar-refractivity contribution in [3.05, 3.63) is 0 Å². The van der Waals surface area contributed by atoms with Crippen LogP contribution in [0.1, 0.15) is 46.0 Å². The number of aliphatic imine (C=N–C) groups is 1. The molecule has 0 unspecified atom stereocenters. The minimum Gasteiger partial charge on any atom is -0.343 e. The number of amides is 1. The van der Waals surface area contributed by atoms with Gasteiger partial charge in [0, 0.05) is 13.1 Å². The number of guanidine groups is 1. The van der Waals surface area contributed by atoms with Gasteiger partial charge >= 0.3 is 0 Å². The summed E-state index contributed by atoms with van der Waals surface area (Å²) in [5, 5.41) is 12.1. The second-order valence-corrected chi connectivity index (χ2v) is 5.32. The molecule has 5 heteroatoms. The summed E-state index contributed by atoms with van der Waals surface area (Å²) in [5.41, 5.74) is -0.479. The van der Waals surface area contributed by atoms with Crippen molar-refractivity contribution in [3.8, 4) is 6.07 Å². The Morgan fingerprint density at radius 1 is 1.37 bits per heavy atom. The first kappa shape index (κ1) is 13.9. The van der Waals surface area contributed by atoms with E-state index in [1.54, 1.807) is 0 Å². The van der Waals surface area contributed by atoms with Gasteiger partial charge in [0.25, 0.3) is 0 Å². The maximum Gasteiger partial charge on any atom is 0.246 e. The van der Waals surface area contributed by atoms with Crippen LogP contribution in [-0.2, 0) is 4.79 Å². The Bertz CT molecular complexity index is 414. The summed E-state index contributed by atoms with van der Waals surface area (Å²) >= 11 is 0. The third-order valence-electron chi connectivity index (χ3n) is 4.27. The van der Waals surface area contributed by atoms with Crippen molar-refractivity contribution in [2.75, 3.05) is 13.1 Å². The highest BCUT2D eigenvalue weighted by Gasteiger charge is 2.47. The molecule has 0 aromatic heterocycles. The number of rotatable bonds is 2. The van der Waals surface area contributed by atoms with Crippen molar-refractivity contribution in [1.82, 2.24) is 10.2 Å². The summed E-state index contributed by atoms with van der Waals surface area (Å²) in [6.45, 7) is 5.70. The van der Waals surface area contributed by atoms with E-state index in [4.69, 9.17) is 4.99 Å². The average molecular weight is 262 g/mol. The smallest absolute Gasteiger partial charge is 0.246 e. The summed E-state index contributed by atoms with van der Waals surface area (Å²) in [4.78, 5) is 19.1.